The van der Waals surface area contributed by atoms with E-state index >= 15 is 0 Å². The van der Waals surface area contributed by atoms with E-state index in [0.29, 0.717) is 25.6 Å². The predicted molar refractivity (Wildman–Crippen MR) is 69.6 cm³/mol. The first-order valence-electron chi connectivity index (χ1n) is 6.43. The van der Waals surface area contributed by atoms with Gasteiger partial charge in [-0.05, 0) is 17.7 Å². The average molecular weight is 278 g/mol. The molecule has 1 saturated heterocycles. The lowest BCUT2D eigenvalue weighted by Gasteiger charge is -2.35. The molecule has 1 unspecified atom stereocenters. The molecule has 0 radical (unpaired) electrons. The normalized spacial score (nSPS) is 20.1. The SMILES string of the molecule is O=c1[nH]nc(CN2CCOCC2c2ccc(F)cc2)[nH]1. The van der Waals surface area contributed by atoms with Gasteiger partial charge in [-0.2, -0.15) is 5.10 Å². The molecule has 7 heteroatoms. The number of aromatic amines is 2. The monoisotopic (exact) mass is 278 g/mol. The van der Waals surface area contributed by atoms with Crippen LogP contribution >= 0.6 is 0 Å². The lowest BCUT2D eigenvalue weighted by molar-refractivity contribution is -0.0138. The van der Waals surface area contributed by atoms with Gasteiger partial charge < -0.3 is 4.74 Å². The third-order valence-corrected chi connectivity index (χ3v) is 3.40. The third-order valence-electron chi connectivity index (χ3n) is 3.40. The molecule has 2 heterocycles. The van der Waals surface area contributed by atoms with Crippen LogP contribution < -0.4 is 5.69 Å². The Morgan fingerprint density at radius 3 is 2.90 bits per heavy atom. The molecular formula is C13H15FN4O2. The fourth-order valence-corrected chi connectivity index (χ4v) is 2.39. The number of benzene rings is 1. The summed E-state index contributed by atoms with van der Waals surface area (Å²) in [5.74, 6) is 0.331. The second kappa shape index (κ2) is 5.56. The van der Waals surface area contributed by atoms with Crippen molar-refractivity contribution in [2.45, 2.75) is 12.6 Å². The number of ether oxygens (including phenoxy) is 1. The molecule has 1 fully saturated rings. The van der Waals surface area contributed by atoms with E-state index in [1.807, 2.05) is 0 Å². The summed E-state index contributed by atoms with van der Waals surface area (Å²) in [6.07, 6.45) is 0. The molecule has 1 aromatic heterocycles. The van der Waals surface area contributed by atoms with Gasteiger partial charge in [0.15, 0.2) is 0 Å². The number of hydrogen-bond donors (Lipinski definition) is 2. The van der Waals surface area contributed by atoms with Crippen molar-refractivity contribution in [2.24, 2.45) is 0 Å². The number of hydrogen-bond acceptors (Lipinski definition) is 4. The van der Waals surface area contributed by atoms with Gasteiger partial charge in [0.1, 0.15) is 11.6 Å². The van der Waals surface area contributed by atoms with Crippen molar-refractivity contribution in [3.8, 4) is 0 Å². The molecule has 6 nitrogen and oxygen atoms in total. The summed E-state index contributed by atoms with van der Waals surface area (Å²) in [6, 6.07) is 6.44. The Morgan fingerprint density at radius 2 is 2.20 bits per heavy atom. The van der Waals surface area contributed by atoms with Crippen LogP contribution in [0.3, 0.4) is 0 Å². The highest BCUT2D eigenvalue weighted by atomic mass is 19.1. The first-order valence-corrected chi connectivity index (χ1v) is 6.43. The van der Waals surface area contributed by atoms with Gasteiger partial charge in [0.25, 0.3) is 0 Å². The average Bonchev–Trinajstić information content (AvgIpc) is 2.86. The molecule has 0 amide bonds. The van der Waals surface area contributed by atoms with E-state index in [9.17, 15) is 9.18 Å². The van der Waals surface area contributed by atoms with E-state index in [2.05, 4.69) is 20.1 Å². The van der Waals surface area contributed by atoms with E-state index < -0.39 is 0 Å². The zero-order chi connectivity index (χ0) is 13.9. The fourth-order valence-electron chi connectivity index (χ4n) is 2.39. The lowest BCUT2D eigenvalue weighted by atomic mass is 10.0. The first-order chi connectivity index (χ1) is 9.72. The van der Waals surface area contributed by atoms with Gasteiger partial charge in [0.2, 0.25) is 0 Å². The molecule has 1 aliphatic heterocycles. The number of nitrogens with one attached hydrogen (secondary N) is 2. The van der Waals surface area contributed by atoms with Crippen molar-refractivity contribution in [2.75, 3.05) is 19.8 Å². The summed E-state index contributed by atoms with van der Waals surface area (Å²) in [7, 11) is 0. The smallest absolute Gasteiger partial charge is 0.340 e. The molecule has 1 aromatic carbocycles. The van der Waals surface area contributed by atoms with Crippen molar-refractivity contribution in [1.82, 2.24) is 20.1 Å². The highest BCUT2D eigenvalue weighted by Gasteiger charge is 2.25. The molecule has 106 valence electrons. The Labute approximate surface area is 114 Å². The van der Waals surface area contributed by atoms with Crippen LogP contribution in [-0.4, -0.2) is 39.8 Å². The Morgan fingerprint density at radius 1 is 1.40 bits per heavy atom. The van der Waals surface area contributed by atoms with Gasteiger partial charge in [-0.1, -0.05) is 12.1 Å². The number of halogens is 1. The topological polar surface area (TPSA) is 74.0 Å². The van der Waals surface area contributed by atoms with Crippen LogP contribution in [0.15, 0.2) is 29.1 Å². The van der Waals surface area contributed by atoms with E-state index in [4.69, 9.17) is 4.74 Å². The third kappa shape index (κ3) is 2.78. The van der Waals surface area contributed by atoms with E-state index in [0.717, 1.165) is 12.1 Å². The molecule has 2 N–H and O–H groups in total. The van der Waals surface area contributed by atoms with E-state index in [1.165, 1.54) is 12.1 Å². The summed E-state index contributed by atoms with van der Waals surface area (Å²) in [5, 5.41) is 6.27. The maximum atomic E-state index is 13.0. The minimum atomic E-state index is -0.313. The summed E-state index contributed by atoms with van der Waals surface area (Å²) in [6.45, 7) is 2.42. The van der Waals surface area contributed by atoms with Crippen molar-refractivity contribution in [1.29, 1.82) is 0 Å². The lowest BCUT2D eigenvalue weighted by Crippen LogP contribution is -2.39. The van der Waals surface area contributed by atoms with Gasteiger partial charge in [0.05, 0.1) is 25.8 Å². The van der Waals surface area contributed by atoms with Crippen LogP contribution in [0.1, 0.15) is 17.4 Å². The standard InChI is InChI=1S/C13H15FN4O2/c14-10-3-1-9(2-4-10)11-8-20-6-5-18(11)7-12-15-13(19)17-16-12/h1-4,11H,5-8H2,(H2,15,16,17,19). The Hall–Kier alpha value is -1.99. The van der Waals surface area contributed by atoms with Crippen molar-refractivity contribution < 1.29 is 9.13 Å². The van der Waals surface area contributed by atoms with Crippen LogP contribution in [0.25, 0.3) is 0 Å². The van der Waals surface area contributed by atoms with Crippen LogP contribution in [0.4, 0.5) is 4.39 Å². The molecular weight excluding hydrogens is 263 g/mol. The maximum Gasteiger partial charge on any atom is 0.340 e. The highest BCUT2D eigenvalue weighted by molar-refractivity contribution is 5.20. The van der Waals surface area contributed by atoms with Gasteiger partial charge in [0, 0.05) is 6.54 Å². The summed E-state index contributed by atoms with van der Waals surface area (Å²) in [5.41, 5.74) is 0.676. The van der Waals surface area contributed by atoms with Crippen LogP contribution in [0, 0.1) is 5.82 Å². The number of H-pyrrole nitrogens is 2. The van der Waals surface area contributed by atoms with Crippen molar-refractivity contribution >= 4 is 0 Å². The molecule has 0 bridgehead atoms. The summed E-state index contributed by atoms with van der Waals surface area (Å²) in [4.78, 5) is 15.9. The zero-order valence-electron chi connectivity index (χ0n) is 10.8. The molecule has 20 heavy (non-hydrogen) atoms. The summed E-state index contributed by atoms with van der Waals surface area (Å²) >= 11 is 0. The molecule has 0 saturated carbocycles. The molecule has 3 rings (SSSR count). The molecule has 0 aliphatic carbocycles. The molecule has 2 aromatic rings. The van der Waals surface area contributed by atoms with Crippen LogP contribution in [0.5, 0.6) is 0 Å². The Bertz CT molecular complexity index is 622. The summed E-state index contributed by atoms with van der Waals surface area (Å²) < 4.78 is 18.5. The number of morpholine rings is 1. The van der Waals surface area contributed by atoms with Gasteiger partial charge in [-0.25, -0.2) is 14.3 Å². The molecule has 1 atom stereocenters. The first kappa shape index (κ1) is 13.0. The fraction of sp³-hybridized carbons (Fsp3) is 0.385. The highest BCUT2D eigenvalue weighted by Crippen LogP contribution is 2.25. The zero-order valence-corrected chi connectivity index (χ0v) is 10.8. The van der Waals surface area contributed by atoms with Crippen molar-refractivity contribution in [3.05, 3.63) is 52.0 Å². The Balaban J connectivity index is 1.80. The minimum absolute atomic E-state index is 0.0320. The Kier molecular flexibility index (Phi) is 3.62. The van der Waals surface area contributed by atoms with Crippen molar-refractivity contribution in [3.63, 3.8) is 0 Å². The minimum Gasteiger partial charge on any atom is -0.378 e. The van der Waals surface area contributed by atoms with Crippen LogP contribution in [-0.2, 0) is 11.3 Å². The number of nitrogens with zero attached hydrogens (tertiary/aromatic N) is 2. The second-order valence-electron chi connectivity index (χ2n) is 4.74. The van der Waals surface area contributed by atoms with Gasteiger partial charge in [-0.3, -0.25) is 9.88 Å². The molecule has 0 spiro atoms. The van der Waals surface area contributed by atoms with E-state index in [-0.39, 0.29) is 17.5 Å². The van der Waals surface area contributed by atoms with Gasteiger partial charge >= 0.3 is 5.69 Å². The number of aromatic nitrogens is 3. The number of rotatable bonds is 3. The van der Waals surface area contributed by atoms with Gasteiger partial charge in [-0.15, -0.1) is 0 Å². The maximum absolute atomic E-state index is 13.0. The van der Waals surface area contributed by atoms with Crippen LogP contribution in [0.2, 0.25) is 0 Å². The predicted octanol–water partition coefficient (Wildman–Crippen LogP) is 0.811. The largest absolute Gasteiger partial charge is 0.378 e. The second-order valence-corrected chi connectivity index (χ2v) is 4.74. The quantitative estimate of drug-likeness (QED) is 0.871. The molecule has 1 aliphatic rings. The van der Waals surface area contributed by atoms with E-state index in [1.54, 1.807) is 12.1 Å².